The number of hydrogen-bond acceptors (Lipinski definition) is 4. The quantitative estimate of drug-likeness (QED) is 0.392. The summed E-state index contributed by atoms with van der Waals surface area (Å²) >= 11 is 0. The fourth-order valence-corrected chi connectivity index (χ4v) is 1.50. The molecule has 0 fully saturated rings. The number of amides is 3. The number of unbranched alkanes of at least 4 members (excludes halogenated alkanes) is 2. The number of nitrogens with one attached hydrogen (secondary N) is 2. The van der Waals surface area contributed by atoms with Crippen molar-refractivity contribution in [1.29, 1.82) is 0 Å². The number of urea groups is 1. The Kier molecular flexibility index (Phi) is 10.0. The average molecular weight is 289 g/mol. The second-order valence-corrected chi connectivity index (χ2v) is 4.35. The van der Waals surface area contributed by atoms with E-state index in [1.165, 1.54) is 0 Å². The van der Waals surface area contributed by atoms with Crippen LogP contribution in [0.5, 0.6) is 0 Å². The monoisotopic (exact) mass is 289 g/mol. The lowest BCUT2D eigenvalue weighted by Gasteiger charge is -2.14. The molecule has 0 bridgehead atoms. The van der Waals surface area contributed by atoms with Crippen LogP contribution in [0.3, 0.4) is 0 Å². The number of carbonyl (C=O) groups excluding carboxylic acids is 2. The van der Waals surface area contributed by atoms with E-state index in [2.05, 4.69) is 10.6 Å². The Bertz CT molecular complexity index is 322. The Balaban J connectivity index is 3.84. The Morgan fingerprint density at radius 3 is 2.50 bits per heavy atom. The summed E-state index contributed by atoms with van der Waals surface area (Å²) in [5, 5.41) is 13.7. The van der Waals surface area contributed by atoms with Gasteiger partial charge in [0.1, 0.15) is 6.04 Å². The molecule has 8 nitrogen and oxygen atoms in total. The predicted molar refractivity (Wildman–Crippen MR) is 72.1 cm³/mol. The van der Waals surface area contributed by atoms with Crippen LogP contribution in [0.25, 0.3) is 0 Å². The molecule has 0 saturated heterocycles. The standard InChI is InChI=1S/C12H23N3O5/c1-20-8-4-2-3-7-14-12(19)15-9(11(17)18)5-6-10(13)16/h9H,2-8H2,1H3,(H2,13,16)(H,17,18)(H2,14,15,19). The zero-order chi connectivity index (χ0) is 15.4. The number of carboxylic acids is 1. The molecule has 0 rings (SSSR count). The molecule has 1 atom stereocenters. The zero-order valence-corrected chi connectivity index (χ0v) is 11.7. The molecule has 0 heterocycles. The summed E-state index contributed by atoms with van der Waals surface area (Å²) in [7, 11) is 1.63. The summed E-state index contributed by atoms with van der Waals surface area (Å²) in [5.41, 5.74) is 4.94. The van der Waals surface area contributed by atoms with E-state index in [1.807, 2.05) is 0 Å². The second kappa shape index (κ2) is 11.0. The maximum Gasteiger partial charge on any atom is 0.326 e. The third-order valence-electron chi connectivity index (χ3n) is 2.59. The second-order valence-electron chi connectivity index (χ2n) is 4.35. The molecule has 3 amide bonds. The molecule has 8 heteroatoms. The first-order valence-corrected chi connectivity index (χ1v) is 6.51. The molecule has 0 saturated carbocycles. The topological polar surface area (TPSA) is 131 Å². The molecule has 0 aromatic carbocycles. The Morgan fingerprint density at radius 2 is 1.95 bits per heavy atom. The Morgan fingerprint density at radius 1 is 1.25 bits per heavy atom. The number of nitrogens with two attached hydrogens (primary N) is 1. The number of hydrogen-bond donors (Lipinski definition) is 4. The van der Waals surface area contributed by atoms with E-state index in [9.17, 15) is 14.4 Å². The summed E-state index contributed by atoms with van der Waals surface area (Å²) in [5.74, 6) is -1.79. The van der Waals surface area contributed by atoms with E-state index in [0.717, 1.165) is 19.3 Å². The third kappa shape index (κ3) is 10.1. The van der Waals surface area contributed by atoms with Crippen LogP contribution in [0.4, 0.5) is 4.79 Å². The van der Waals surface area contributed by atoms with Crippen LogP contribution in [0, 0.1) is 0 Å². The van der Waals surface area contributed by atoms with Gasteiger partial charge in [-0.05, 0) is 25.7 Å². The molecular formula is C12H23N3O5. The van der Waals surface area contributed by atoms with Crippen LogP contribution < -0.4 is 16.4 Å². The fraction of sp³-hybridized carbons (Fsp3) is 0.750. The lowest BCUT2D eigenvalue weighted by molar-refractivity contribution is -0.139. The van der Waals surface area contributed by atoms with Crippen molar-refractivity contribution in [2.24, 2.45) is 5.73 Å². The maximum atomic E-state index is 11.5. The Labute approximate surface area is 118 Å². The average Bonchev–Trinajstić information content (AvgIpc) is 2.38. The number of ether oxygens (including phenoxy) is 1. The van der Waals surface area contributed by atoms with Crippen LogP contribution in [-0.4, -0.2) is 49.3 Å². The summed E-state index contributed by atoms with van der Waals surface area (Å²) in [6.07, 6.45) is 2.50. The van der Waals surface area contributed by atoms with Crippen molar-refractivity contribution < 1.29 is 24.2 Å². The van der Waals surface area contributed by atoms with Crippen molar-refractivity contribution in [1.82, 2.24) is 10.6 Å². The largest absolute Gasteiger partial charge is 0.480 e. The van der Waals surface area contributed by atoms with Crippen LogP contribution >= 0.6 is 0 Å². The van der Waals surface area contributed by atoms with Gasteiger partial charge >= 0.3 is 12.0 Å². The summed E-state index contributed by atoms with van der Waals surface area (Å²) in [6, 6.07) is -1.68. The molecule has 0 aliphatic rings. The van der Waals surface area contributed by atoms with Gasteiger partial charge in [0, 0.05) is 26.7 Å². The van der Waals surface area contributed by atoms with E-state index in [1.54, 1.807) is 7.11 Å². The molecule has 0 aromatic rings. The van der Waals surface area contributed by atoms with E-state index in [-0.39, 0.29) is 12.8 Å². The van der Waals surface area contributed by atoms with Crippen LogP contribution in [0.1, 0.15) is 32.1 Å². The van der Waals surface area contributed by atoms with Crippen molar-refractivity contribution in [2.45, 2.75) is 38.1 Å². The lowest BCUT2D eigenvalue weighted by Crippen LogP contribution is -2.46. The van der Waals surface area contributed by atoms with Gasteiger partial charge in [-0.2, -0.15) is 0 Å². The highest BCUT2D eigenvalue weighted by Crippen LogP contribution is 1.98. The number of rotatable bonds is 11. The first-order chi connectivity index (χ1) is 9.47. The highest BCUT2D eigenvalue weighted by Gasteiger charge is 2.20. The minimum Gasteiger partial charge on any atom is -0.480 e. The van der Waals surface area contributed by atoms with Gasteiger partial charge in [-0.1, -0.05) is 0 Å². The van der Waals surface area contributed by atoms with E-state index < -0.39 is 23.9 Å². The van der Waals surface area contributed by atoms with Crippen molar-refractivity contribution in [3.63, 3.8) is 0 Å². The molecule has 5 N–H and O–H groups in total. The first kappa shape index (κ1) is 18.2. The van der Waals surface area contributed by atoms with Crippen molar-refractivity contribution in [3.8, 4) is 0 Å². The van der Waals surface area contributed by atoms with Gasteiger partial charge in [-0.25, -0.2) is 9.59 Å². The smallest absolute Gasteiger partial charge is 0.326 e. The summed E-state index contributed by atoms with van der Waals surface area (Å²) in [4.78, 5) is 33.0. The summed E-state index contributed by atoms with van der Waals surface area (Å²) in [6.45, 7) is 1.14. The molecule has 0 radical (unpaired) electrons. The van der Waals surface area contributed by atoms with Gasteiger partial charge in [0.05, 0.1) is 0 Å². The molecular weight excluding hydrogens is 266 g/mol. The number of aliphatic carboxylic acids is 1. The Hall–Kier alpha value is -1.83. The molecule has 116 valence electrons. The van der Waals surface area contributed by atoms with E-state index in [0.29, 0.717) is 13.2 Å². The molecule has 20 heavy (non-hydrogen) atoms. The maximum absolute atomic E-state index is 11.5. The molecule has 0 aliphatic heterocycles. The molecule has 1 unspecified atom stereocenters. The van der Waals surface area contributed by atoms with Gasteiger partial charge < -0.3 is 26.2 Å². The van der Waals surface area contributed by atoms with Crippen molar-refractivity contribution in [2.75, 3.05) is 20.3 Å². The normalized spacial score (nSPS) is 11.7. The van der Waals surface area contributed by atoms with Crippen LogP contribution in [0.2, 0.25) is 0 Å². The summed E-state index contributed by atoms with van der Waals surface area (Å²) < 4.78 is 4.89. The van der Waals surface area contributed by atoms with Gasteiger partial charge in [-0.3, -0.25) is 4.79 Å². The molecule has 0 aromatic heterocycles. The fourth-order valence-electron chi connectivity index (χ4n) is 1.50. The molecule has 0 aliphatic carbocycles. The number of carboxylic acid groups (broad SMARTS) is 1. The first-order valence-electron chi connectivity index (χ1n) is 6.51. The predicted octanol–water partition coefficient (Wildman–Crippen LogP) is -0.179. The highest BCUT2D eigenvalue weighted by molar-refractivity contribution is 5.83. The van der Waals surface area contributed by atoms with Gasteiger partial charge in [0.15, 0.2) is 0 Å². The minimum absolute atomic E-state index is 0.0219. The van der Waals surface area contributed by atoms with Crippen molar-refractivity contribution >= 4 is 17.9 Å². The van der Waals surface area contributed by atoms with Gasteiger partial charge in [-0.15, -0.1) is 0 Å². The number of methoxy groups -OCH3 is 1. The van der Waals surface area contributed by atoms with Crippen molar-refractivity contribution in [3.05, 3.63) is 0 Å². The number of carbonyl (C=O) groups is 3. The SMILES string of the molecule is COCCCCCNC(=O)NC(CCC(N)=O)C(=O)O. The van der Waals surface area contributed by atoms with Gasteiger partial charge in [0.2, 0.25) is 5.91 Å². The van der Waals surface area contributed by atoms with E-state index >= 15 is 0 Å². The lowest BCUT2D eigenvalue weighted by atomic mass is 10.1. The molecule has 0 spiro atoms. The van der Waals surface area contributed by atoms with Crippen LogP contribution in [-0.2, 0) is 14.3 Å². The highest BCUT2D eigenvalue weighted by atomic mass is 16.5. The number of primary amides is 1. The van der Waals surface area contributed by atoms with Gasteiger partial charge in [0.25, 0.3) is 0 Å². The van der Waals surface area contributed by atoms with E-state index in [4.69, 9.17) is 15.6 Å². The van der Waals surface area contributed by atoms with Crippen LogP contribution in [0.15, 0.2) is 0 Å². The minimum atomic E-state index is -1.19. The third-order valence-corrected chi connectivity index (χ3v) is 2.59. The zero-order valence-electron chi connectivity index (χ0n) is 11.7.